The van der Waals surface area contributed by atoms with E-state index in [9.17, 15) is 4.79 Å². The van der Waals surface area contributed by atoms with Gasteiger partial charge >= 0.3 is 5.97 Å². The van der Waals surface area contributed by atoms with Gasteiger partial charge in [-0.05, 0) is 17.7 Å². The predicted molar refractivity (Wildman–Crippen MR) is 61.9 cm³/mol. The molecule has 0 bridgehead atoms. The molecule has 0 aliphatic heterocycles. The predicted octanol–water partition coefficient (Wildman–Crippen LogP) is 2.40. The number of rotatable bonds is 3. The van der Waals surface area contributed by atoms with E-state index in [-0.39, 0.29) is 12.4 Å². The summed E-state index contributed by atoms with van der Waals surface area (Å²) in [5.74, 6) is -0.235. The number of methoxy groups -OCH3 is 1. The third kappa shape index (κ3) is 2.31. The van der Waals surface area contributed by atoms with Gasteiger partial charge in [0, 0.05) is 11.4 Å². The molecule has 0 fully saturated rings. The van der Waals surface area contributed by atoms with Crippen molar-refractivity contribution in [2.75, 3.05) is 7.11 Å². The lowest BCUT2D eigenvalue weighted by atomic mass is 10.2. The van der Waals surface area contributed by atoms with Crippen LogP contribution in [0.4, 0.5) is 0 Å². The SMILES string of the molecule is COC(=O)Cc1ccc(-c2ccccc2)[nH]1. The van der Waals surface area contributed by atoms with E-state index >= 15 is 0 Å². The van der Waals surface area contributed by atoms with Crippen LogP contribution in [0.25, 0.3) is 11.3 Å². The first-order valence-electron chi connectivity index (χ1n) is 5.09. The molecule has 2 aromatic rings. The molecule has 0 atom stereocenters. The molecule has 0 unspecified atom stereocenters. The second kappa shape index (κ2) is 4.66. The second-order valence-corrected chi connectivity index (χ2v) is 3.52. The van der Waals surface area contributed by atoms with Crippen LogP contribution in [-0.2, 0) is 16.0 Å². The van der Waals surface area contributed by atoms with Crippen molar-refractivity contribution >= 4 is 5.97 Å². The molecule has 0 aliphatic carbocycles. The smallest absolute Gasteiger partial charge is 0.311 e. The van der Waals surface area contributed by atoms with Crippen molar-refractivity contribution in [3.8, 4) is 11.3 Å². The average Bonchev–Trinajstić information content (AvgIpc) is 2.78. The Morgan fingerprint density at radius 1 is 1.19 bits per heavy atom. The van der Waals surface area contributed by atoms with Gasteiger partial charge in [-0.15, -0.1) is 0 Å². The van der Waals surface area contributed by atoms with Crippen molar-refractivity contribution < 1.29 is 9.53 Å². The fourth-order valence-electron chi connectivity index (χ4n) is 1.56. The number of hydrogen-bond acceptors (Lipinski definition) is 2. The molecule has 1 aromatic heterocycles. The van der Waals surface area contributed by atoms with Crippen LogP contribution in [0.5, 0.6) is 0 Å². The van der Waals surface area contributed by atoms with Crippen LogP contribution in [0.1, 0.15) is 5.69 Å². The molecule has 3 heteroatoms. The highest BCUT2D eigenvalue weighted by Crippen LogP contribution is 2.18. The lowest BCUT2D eigenvalue weighted by Gasteiger charge is -1.98. The van der Waals surface area contributed by atoms with Crippen LogP contribution in [0, 0.1) is 0 Å². The summed E-state index contributed by atoms with van der Waals surface area (Å²) in [6, 6.07) is 13.8. The number of aromatic nitrogens is 1. The number of H-pyrrole nitrogens is 1. The van der Waals surface area contributed by atoms with Gasteiger partial charge in [0.25, 0.3) is 0 Å². The number of aromatic amines is 1. The largest absolute Gasteiger partial charge is 0.469 e. The summed E-state index contributed by atoms with van der Waals surface area (Å²) in [5, 5.41) is 0. The number of nitrogens with one attached hydrogen (secondary N) is 1. The van der Waals surface area contributed by atoms with Crippen LogP contribution in [0.3, 0.4) is 0 Å². The first kappa shape index (κ1) is 10.5. The molecule has 3 nitrogen and oxygen atoms in total. The second-order valence-electron chi connectivity index (χ2n) is 3.52. The Hall–Kier alpha value is -2.03. The summed E-state index contributed by atoms with van der Waals surface area (Å²) in [5.41, 5.74) is 2.99. The van der Waals surface area contributed by atoms with Crippen molar-refractivity contribution in [2.24, 2.45) is 0 Å². The number of hydrogen-bond donors (Lipinski definition) is 1. The summed E-state index contributed by atoms with van der Waals surface area (Å²) in [4.78, 5) is 14.3. The monoisotopic (exact) mass is 215 g/mol. The van der Waals surface area contributed by atoms with Gasteiger partial charge in [-0.3, -0.25) is 4.79 Å². The molecule has 16 heavy (non-hydrogen) atoms. The summed E-state index contributed by atoms with van der Waals surface area (Å²) in [6.07, 6.45) is 0.281. The quantitative estimate of drug-likeness (QED) is 0.799. The van der Waals surface area contributed by atoms with Crippen molar-refractivity contribution in [1.82, 2.24) is 4.98 Å². The molecule has 0 spiro atoms. The van der Waals surface area contributed by atoms with Gasteiger partial charge < -0.3 is 9.72 Å². The fraction of sp³-hybridized carbons (Fsp3) is 0.154. The Balaban J connectivity index is 2.17. The fourth-order valence-corrected chi connectivity index (χ4v) is 1.56. The van der Waals surface area contributed by atoms with E-state index in [1.54, 1.807) is 0 Å². The van der Waals surface area contributed by atoms with Gasteiger partial charge in [0.15, 0.2) is 0 Å². The minimum Gasteiger partial charge on any atom is -0.469 e. The van der Waals surface area contributed by atoms with Gasteiger partial charge in [0.05, 0.1) is 13.5 Å². The highest BCUT2D eigenvalue weighted by atomic mass is 16.5. The molecule has 0 saturated heterocycles. The van der Waals surface area contributed by atoms with Crippen molar-refractivity contribution in [3.05, 3.63) is 48.2 Å². The normalized spacial score (nSPS) is 10.1. The van der Waals surface area contributed by atoms with Gasteiger partial charge in [-0.25, -0.2) is 0 Å². The molecule has 0 aliphatic rings. The highest BCUT2D eigenvalue weighted by molar-refractivity contribution is 5.72. The summed E-state index contributed by atoms with van der Waals surface area (Å²) < 4.78 is 4.61. The molecular weight excluding hydrogens is 202 g/mol. The molecule has 1 aromatic carbocycles. The van der Waals surface area contributed by atoms with E-state index in [2.05, 4.69) is 9.72 Å². The lowest BCUT2D eigenvalue weighted by Crippen LogP contribution is -2.04. The Morgan fingerprint density at radius 2 is 1.94 bits per heavy atom. The van der Waals surface area contributed by atoms with E-state index in [0.29, 0.717) is 0 Å². The third-order valence-corrected chi connectivity index (χ3v) is 2.39. The maximum absolute atomic E-state index is 11.1. The first-order valence-corrected chi connectivity index (χ1v) is 5.09. The highest BCUT2D eigenvalue weighted by Gasteiger charge is 2.05. The van der Waals surface area contributed by atoms with Gasteiger partial charge in [0.2, 0.25) is 0 Å². The van der Waals surface area contributed by atoms with E-state index in [4.69, 9.17) is 0 Å². The maximum Gasteiger partial charge on any atom is 0.311 e. The Bertz CT molecular complexity index is 474. The topological polar surface area (TPSA) is 42.1 Å². The lowest BCUT2D eigenvalue weighted by molar-refractivity contribution is -0.139. The standard InChI is InChI=1S/C13H13NO2/c1-16-13(15)9-11-7-8-12(14-11)10-5-3-2-4-6-10/h2-8,14H,9H2,1H3. The van der Waals surface area contributed by atoms with Crippen LogP contribution < -0.4 is 0 Å². The van der Waals surface area contributed by atoms with Crippen molar-refractivity contribution in [3.63, 3.8) is 0 Å². The molecule has 82 valence electrons. The number of esters is 1. The molecule has 0 radical (unpaired) electrons. The molecule has 1 N–H and O–H groups in total. The number of ether oxygens (including phenoxy) is 1. The Labute approximate surface area is 94.1 Å². The molecule has 2 rings (SSSR count). The van der Waals surface area contributed by atoms with Crippen molar-refractivity contribution in [2.45, 2.75) is 6.42 Å². The number of carbonyl (C=O) groups excluding carboxylic acids is 1. The molecule has 0 amide bonds. The van der Waals surface area contributed by atoms with Crippen LogP contribution in [0.2, 0.25) is 0 Å². The van der Waals surface area contributed by atoms with Gasteiger partial charge in [0.1, 0.15) is 0 Å². The third-order valence-electron chi connectivity index (χ3n) is 2.39. The van der Waals surface area contributed by atoms with Crippen LogP contribution in [0.15, 0.2) is 42.5 Å². The molecular formula is C13H13NO2. The van der Waals surface area contributed by atoms with Crippen molar-refractivity contribution in [1.29, 1.82) is 0 Å². The molecule has 0 saturated carbocycles. The van der Waals surface area contributed by atoms with E-state index in [1.807, 2.05) is 42.5 Å². The van der Waals surface area contributed by atoms with Crippen LogP contribution in [-0.4, -0.2) is 18.1 Å². The zero-order valence-electron chi connectivity index (χ0n) is 9.07. The summed E-state index contributed by atoms with van der Waals surface area (Å²) in [6.45, 7) is 0. The van der Waals surface area contributed by atoms with Crippen LogP contribution >= 0.6 is 0 Å². The maximum atomic E-state index is 11.1. The summed E-state index contributed by atoms with van der Waals surface area (Å²) in [7, 11) is 1.39. The average molecular weight is 215 g/mol. The van der Waals surface area contributed by atoms with Gasteiger partial charge in [-0.1, -0.05) is 30.3 Å². The van der Waals surface area contributed by atoms with Gasteiger partial charge in [-0.2, -0.15) is 0 Å². The minimum absolute atomic E-state index is 0.235. The zero-order chi connectivity index (χ0) is 11.4. The first-order chi connectivity index (χ1) is 7.79. The van der Waals surface area contributed by atoms with E-state index < -0.39 is 0 Å². The number of carbonyl (C=O) groups is 1. The Morgan fingerprint density at radius 3 is 2.62 bits per heavy atom. The zero-order valence-corrected chi connectivity index (χ0v) is 9.07. The van der Waals surface area contributed by atoms with E-state index in [1.165, 1.54) is 7.11 Å². The van der Waals surface area contributed by atoms with E-state index in [0.717, 1.165) is 17.0 Å². The number of benzene rings is 1. The minimum atomic E-state index is -0.235. The summed E-state index contributed by atoms with van der Waals surface area (Å²) >= 11 is 0. The Kier molecular flexibility index (Phi) is 3.05. The molecule has 1 heterocycles.